The zero-order valence-electron chi connectivity index (χ0n) is 15.7. The van der Waals surface area contributed by atoms with E-state index in [0.29, 0.717) is 12.5 Å². The Bertz CT molecular complexity index is 567. The van der Waals surface area contributed by atoms with Gasteiger partial charge < -0.3 is 14.5 Å². The number of hydrogen-bond donors (Lipinski definition) is 0. The Morgan fingerprint density at radius 3 is 2.68 bits per heavy atom. The predicted octanol–water partition coefficient (Wildman–Crippen LogP) is 3.42. The third-order valence-electron chi connectivity index (χ3n) is 5.75. The SMILES string of the molecule is COCc1ccccc1C(=O)N1CCC[C@@H](CN2CCC(C)CC2)C1. The van der Waals surface area contributed by atoms with Crippen LogP contribution in [0.15, 0.2) is 24.3 Å². The first-order valence-electron chi connectivity index (χ1n) is 9.76. The van der Waals surface area contributed by atoms with E-state index in [9.17, 15) is 4.79 Å². The Kier molecular flexibility index (Phi) is 6.49. The molecule has 1 aromatic rings. The number of nitrogens with zero attached hydrogens (tertiary/aromatic N) is 2. The molecule has 0 aromatic heterocycles. The van der Waals surface area contributed by atoms with Crippen LogP contribution in [0.4, 0.5) is 0 Å². The lowest BCUT2D eigenvalue weighted by Gasteiger charge is -2.38. The first-order valence-corrected chi connectivity index (χ1v) is 9.76. The van der Waals surface area contributed by atoms with Crippen molar-refractivity contribution in [3.8, 4) is 0 Å². The van der Waals surface area contributed by atoms with Crippen LogP contribution in [0.3, 0.4) is 0 Å². The number of likely N-dealkylation sites (tertiary alicyclic amines) is 2. The molecule has 0 unspecified atom stereocenters. The molecule has 3 rings (SSSR count). The zero-order chi connectivity index (χ0) is 17.6. The minimum Gasteiger partial charge on any atom is -0.380 e. The molecule has 2 heterocycles. The van der Waals surface area contributed by atoms with E-state index in [2.05, 4.69) is 16.7 Å². The van der Waals surface area contributed by atoms with Gasteiger partial charge in [0.2, 0.25) is 0 Å². The molecular formula is C21H32N2O2. The molecule has 25 heavy (non-hydrogen) atoms. The lowest BCUT2D eigenvalue weighted by molar-refractivity contribution is 0.0618. The minimum atomic E-state index is 0.171. The van der Waals surface area contributed by atoms with Gasteiger partial charge in [-0.05, 0) is 62.2 Å². The molecule has 1 amide bonds. The Labute approximate surface area is 152 Å². The first-order chi connectivity index (χ1) is 12.2. The molecular weight excluding hydrogens is 312 g/mol. The van der Waals surface area contributed by atoms with Crippen molar-refractivity contribution in [2.45, 2.75) is 39.2 Å². The number of hydrogen-bond acceptors (Lipinski definition) is 3. The summed E-state index contributed by atoms with van der Waals surface area (Å²) in [6.07, 6.45) is 5.00. The molecule has 1 atom stereocenters. The van der Waals surface area contributed by atoms with Crippen LogP contribution in [0, 0.1) is 11.8 Å². The number of carbonyl (C=O) groups excluding carboxylic acids is 1. The highest BCUT2D eigenvalue weighted by atomic mass is 16.5. The van der Waals surface area contributed by atoms with E-state index in [1.165, 1.54) is 32.4 Å². The molecule has 2 aliphatic heterocycles. The monoisotopic (exact) mass is 344 g/mol. The molecule has 1 aromatic carbocycles. The van der Waals surface area contributed by atoms with Gasteiger partial charge in [0, 0.05) is 32.3 Å². The van der Waals surface area contributed by atoms with Gasteiger partial charge in [0.15, 0.2) is 0 Å². The minimum absolute atomic E-state index is 0.171. The Morgan fingerprint density at radius 2 is 1.92 bits per heavy atom. The van der Waals surface area contributed by atoms with Crippen molar-refractivity contribution < 1.29 is 9.53 Å². The fourth-order valence-electron chi connectivity index (χ4n) is 4.19. The lowest BCUT2D eigenvalue weighted by atomic mass is 9.93. The third-order valence-corrected chi connectivity index (χ3v) is 5.75. The molecule has 0 spiro atoms. The maximum absolute atomic E-state index is 13.0. The van der Waals surface area contributed by atoms with E-state index in [1.54, 1.807) is 7.11 Å². The number of piperidine rings is 2. The number of methoxy groups -OCH3 is 1. The Balaban J connectivity index is 1.60. The van der Waals surface area contributed by atoms with E-state index in [4.69, 9.17) is 4.74 Å². The molecule has 138 valence electrons. The summed E-state index contributed by atoms with van der Waals surface area (Å²) in [5.74, 6) is 1.66. The van der Waals surface area contributed by atoms with E-state index >= 15 is 0 Å². The lowest BCUT2D eigenvalue weighted by Crippen LogP contribution is -2.45. The maximum atomic E-state index is 13.0. The number of carbonyl (C=O) groups is 1. The van der Waals surface area contributed by atoms with Crippen LogP contribution >= 0.6 is 0 Å². The maximum Gasteiger partial charge on any atom is 0.254 e. The molecule has 0 saturated carbocycles. The van der Waals surface area contributed by atoms with Gasteiger partial charge in [-0.1, -0.05) is 25.1 Å². The summed E-state index contributed by atoms with van der Waals surface area (Å²) in [5.41, 5.74) is 1.79. The molecule has 4 heteroatoms. The third kappa shape index (κ3) is 4.83. The average molecular weight is 344 g/mol. The van der Waals surface area contributed by atoms with E-state index in [1.807, 2.05) is 24.3 Å². The van der Waals surface area contributed by atoms with Crippen molar-refractivity contribution in [3.05, 3.63) is 35.4 Å². The zero-order valence-corrected chi connectivity index (χ0v) is 15.7. The predicted molar refractivity (Wildman–Crippen MR) is 101 cm³/mol. The molecule has 2 fully saturated rings. The van der Waals surface area contributed by atoms with Crippen molar-refractivity contribution in [1.82, 2.24) is 9.80 Å². The summed E-state index contributed by atoms with van der Waals surface area (Å²) < 4.78 is 5.26. The van der Waals surface area contributed by atoms with Crippen LogP contribution in [0.1, 0.15) is 48.5 Å². The summed E-state index contributed by atoms with van der Waals surface area (Å²) >= 11 is 0. The van der Waals surface area contributed by atoms with Gasteiger partial charge in [-0.3, -0.25) is 4.79 Å². The number of benzene rings is 1. The second-order valence-electron chi connectivity index (χ2n) is 7.83. The highest BCUT2D eigenvalue weighted by Crippen LogP contribution is 2.23. The summed E-state index contributed by atoms with van der Waals surface area (Å²) in [6, 6.07) is 7.85. The van der Waals surface area contributed by atoms with E-state index in [-0.39, 0.29) is 5.91 Å². The van der Waals surface area contributed by atoms with Gasteiger partial charge in [0.25, 0.3) is 5.91 Å². The Morgan fingerprint density at radius 1 is 1.16 bits per heavy atom. The summed E-state index contributed by atoms with van der Waals surface area (Å²) in [6.45, 7) is 8.22. The number of rotatable bonds is 5. The number of ether oxygens (including phenoxy) is 1. The van der Waals surface area contributed by atoms with Gasteiger partial charge in [0.1, 0.15) is 0 Å². The second-order valence-corrected chi connectivity index (χ2v) is 7.83. The highest BCUT2D eigenvalue weighted by Gasteiger charge is 2.27. The molecule has 2 saturated heterocycles. The molecule has 0 bridgehead atoms. The summed E-state index contributed by atoms with van der Waals surface area (Å²) in [4.78, 5) is 17.7. The largest absolute Gasteiger partial charge is 0.380 e. The van der Waals surface area contributed by atoms with E-state index in [0.717, 1.165) is 43.1 Å². The van der Waals surface area contributed by atoms with Gasteiger partial charge in [-0.2, -0.15) is 0 Å². The molecule has 2 aliphatic rings. The van der Waals surface area contributed by atoms with Crippen LogP contribution in [0.25, 0.3) is 0 Å². The standard InChI is InChI=1S/C21H32N2O2/c1-17-9-12-22(13-10-17)14-18-6-5-11-23(15-18)21(24)20-8-4-3-7-19(20)16-25-2/h3-4,7-8,17-18H,5-6,9-16H2,1-2H3/t18-/m0/s1. The first kappa shape index (κ1) is 18.4. The molecule has 0 N–H and O–H groups in total. The van der Waals surface area contributed by atoms with Crippen molar-refractivity contribution in [2.75, 3.05) is 39.8 Å². The average Bonchev–Trinajstić information content (AvgIpc) is 2.64. The van der Waals surface area contributed by atoms with Crippen LogP contribution in [0.2, 0.25) is 0 Å². The summed E-state index contributed by atoms with van der Waals surface area (Å²) in [7, 11) is 1.68. The van der Waals surface area contributed by atoms with Crippen molar-refractivity contribution in [2.24, 2.45) is 11.8 Å². The van der Waals surface area contributed by atoms with Crippen LogP contribution in [-0.2, 0) is 11.3 Å². The fourth-order valence-corrected chi connectivity index (χ4v) is 4.19. The van der Waals surface area contributed by atoms with Gasteiger partial charge in [-0.25, -0.2) is 0 Å². The molecule has 0 radical (unpaired) electrons. The van der Waals surface area contributed by atoms with E-state index < -0.39 is 0 Å². The number of amides is 1. The van der Waals surface area contributed by atoms with Crippen molar-refractivity contribution in [1.29, 1.82) is 0 Å². The van der Waals surface area contributed by atoms with Crippen molar-refractivity contribution >= 4 is 5.91 Å². The molecule has 0 aliphatic carbocycles. The summed E-state index contributed by atoms with van der Waals surface area (Å²) in [5, 5.41) is 0. The highest BCUT2D eigenvalue weighted by molar-refractivity contribution is 5.95. The van der Waals surface area contributed by atoms with Gasteiger partial charge >= 0.3 is 0 Å². The quantitative estimate of drug-likeness (QED) is 0.820. The Hall–Kier alpha value is -1.39. The van der Waals surface area contributed by atoms with Gasteiger partial charge in [-0.15, -0.1) is 0 Å². The van der Waals surface area contributed by atoms with Gasteiger partial charge in [0.05, 0.1) is 6.61 Å². The van der Waals surface area contributed by atoms with Crippen LogP contribution in [-0.4, -0.2) is 55.5 Å². The topological polar surface area (TPSA) is 32.8 Å². The van der Waals surface area contributed by atoms with Crippen LogP contribution in [0.5, 0.6) is 0 Å². The fraction of sp³-hybridized carbons (Fsp3) is 0.667. The second kappa shape index (κ2) is 8.81. The molecule has 4 nitrogen and oxygen atoms in total. The van der Waals surface area contributed by atoms with Crippen molar-refractivity contribution in [3.63, 3.8) is 0 Å². The van der Waals surface area contributed by atoms with Crippen LogP contribution < -0.4 is 0 Å². The normalized spacial score (nSPS) is 23.0. The smallest absolute Gasteiger partial charge is 0.254 e.